The molecule has 1 aliphatic heterocycles. The third-order valence-electron chi connectivity index (χ3n) is 4.02. The van der Waals surface area contributed by atoms with Gasteiger partial charge < -0.3 is 18.9 Å². The van der Waals surface area contributed by atoms with E-state index < -0.39 is 5.97 Å². The Balaban J connectivity index is 1.40. The minimum atomic E-state index is -0.425. The van der Waals surface area contributed by atoms with Gasteiger partial charge in [-0.05, 0) is 42.5 Å². The van der Waals surface area contributed by atoms with E-state index in [0.29, 0.717) is 36.0 Å². The summed E-state index contributed by atoms with van der Waals surface area (Å²) < 4.78 is 21.5. The van der Waals surface area contributed by atoms with Crippen LogP contribution in [0.2, 0.25) is 0 Å². The lowest BCUT2D eigenvalue weighted by Crippen LogP contribution is -2.16. The fourth-order valence-corrected chi connectivity index (χ4v) is 3.44. The number of thiazole rings is 1. The van der Waals surface area contributed by atoms with Crippen LogP contribution >= 0.6 is 11.3 Å². The number of rotatable bonds is 5. The van der Waals surface area contributed by atoms with E-state index >= 15 is 0 Å². The maximum Gasteiger partial charge on any atom is 0.338 e. The molecule has 0 saturated heterocycles. The van der Waals surface area contributed by atoms with Gasteiger partial charge in [-0.15, -0.1) is 11.3 Å². The molecular weight excluding hydrogens is 366 g/mol. The summed E-state index contributed by atoms with van der Waals surface area (Å²) in [5.41, 5.74) is 2.12. The number of carbonyl (C=O) groups is 1. The first-order valence-electron chi connectivity index (χ1n) is 8.38. The van der Waals surface area contributed by atoms with Gasteiger partial charge in [0.2, 0.25) is 0 Å². The Kier molecular flexibility index (Phi) is 4.93. The number of methoxy groups -OCH3 is 1. The van der Waals surface area contributed by atoms with Crippen LogP contribution in [0.15, 0.2) is 47.8 Å². The van der Waals surface area contributed by atoms with E-state index in [9.17, 15) is 4.79 Å². The third kappa shape index (κ3) is 3.88. The van der Waals surface area contributed by atoms with Gasteiger partial charge >= 0.3 is 5.97 Å². The Bertz CT molecular complexity index is 951. The molecule has 0 fully saturated rings. The zero-order chi connectivity index (χ0) is 18.6. The van der Waals surface area contributed by atoms with Crippen molar-refractivity contribution < 1.29 is 23.7 Å². The molecule has 4 rings (SSSR count). The minimum absolute atomic E-state index is 0.111. The fraction of sp³-hybridized carbons (Fsp3) is 0.200. The fourth-order valence-electron chi connectivity index (χ4n) is 2.63. The van der Waals surface area contributed by atoms with Crippen molar-refractivity contribution >= 4 is 17.3 Å². The number of benzene rings is 2. The van der Waals surface area contributed by atoms with Crippen LogP contribution in [-0.4, -0.2) is 31.3 Å². The lowest BCUT2D eigenvalue weighted by Gasteiger charge is -2.18. The number of fused-ring (bicyclic) bond motifs is 1. The van der Waals surface area contributed by atoms with Crippen molar-refractivity contribution in [1.82, 2.24) is 4.98 Å². The van der Waals surface area contributed by atoms with Crippen molar-refractivity contribution in [3.8, 4) is 27.8 Å². The van der Waals surface area contributed by atoms with Gasteiger partial charge in [-0.25, -0.2) is 9.78 Å². The average molecular weight is 383 g/mol. The molecule has 0 N–H and O–H groups in total. The second-order valence-electron chi connectivity index (χ2n) is 5.81. The van der Waals surface area contributed by atoms with Gasteiger partial charge in [0.1, 0.15) is 30.6 Å². The van der Waals surface area contributed by atoms with E-state index in [1.54, 1.807) is 25.3 Å². The molecule has 2 aromatic carbocycles. The highest BCUT2D eigenvalue weighted by Gasteiger charge is 2.16. The SMILES string of the molecule is COc1ccc(-c2nc(COC(=O)c3ccc4c(c3)OCCO4)cs2)cc1. The average Bonchev–Trinajstić information content (AvgIpc) is 3.21. The lowest BCUT2D eigenvalue weighted by atomic mass is 10.2. The normalized spacial score (nSPS) is 12.5. The van der Waals surface area contributed by atoms with E-state index in [1.165, 1.54) is 11.3 Å². The second-order valence-corrected chi connectivity index (χ2v) is 6.67. The second kappa shape index (κ2) is 7.67. The topological polar surface area (TPSA) is 66.9 Å². The Labute approximate surface area is 160 Å². The van der Waals surface area contributed by atoms with Gasteiger partial charge in [0.25, 0.3) is 0 Å². The van der Waals surface area contributed by atoms with Crippen LogP contribution in [0.25, 0.3) is 10.6 Å². The van der Waals surface area contributed by atoms with Gasteiger partial charge in [-0.1, -0.05) is 0 Å². The van der Waals surface area contributed by atoms with Gasteiger partial charge in [-0.3, -0.25) is 0 Å². The molecule has 0 amide bonds. The lowest BCUT2D eigenvalue weighted by molar-refractivity contribution is 0.0467. The van der Waals surface area contributed by atoms with E-state index in [-0.39, 0.29) is 6.61 Å². The monoisotopic (exact) mass is 383 g/mol. The summed E-state index contributed by atoms with van der Waals surface area (Å²) in [5, 5.41) is 2.75. The third-order valence-corrected chi connectivity index (χ3v) is 4.96. The van der Waals surface area contributed by atoms with Crippen LogP contribution < -0.4 is 14.2 Å². The highest BCUT2D eigenvalue weighted by atomic mass is 32.1. The Hall–Kier alpha value is -3.06. The van der Waals surface area contributed by atoms with Crippen molar-refractivity contribution in [3.63, 3.8) is 0 Å². The molecule has 27 heavy (non-hydrogen) atoms. The number of ether oxygens (including phenoxy) is 4. The van der Waals surface area contributed by atoms with Gasteiger partial charge in [-0.2, -0.15) is 0 Å². The number of aromatic nitrogens is 1. The summed E-state index contributed by atoms with van der Waals surface area (Å²) >= 11 is 1.50. The number of carbonyl (C=O) groups excluding carboxylic acids is 1. The molecule has 0 saturated carbocycles. The maximum absolute atomic E-state index is 12.3. The van der Waals surface area contributed by atoms with Crippen molar-refractivity contribution in [3.05, 3.63) is 59.1 Å². The predicted molar refractivity (Wildman–Crippen MR) is 101 cm³/mol. The number of esters is 1. The highest BCUT2D eigenvalue weighted by Crippen LogP contribution is 2.31. The van der Waals surface area contributed by atoms with E-state index in [0.717, 1.165) is 16.3 Å². The molecule has 7 heteroatoms. The van der Waals surface area contributed by atoms with Crippen molar-refractivity contribution in [2.45, 2.75) is 6.61 Å². The first-order chi connectivity index (χ1) is 13.2. The molecular formula is C20H17NO5S. The van der Waals surface area contributed by atoms with Crippen LogP contribution in [-0.2, 0) is 11.3 Å². The molecule has 138 valence electrons. The molecule has 1 aliphatic rings. The summed E-state index contributed by atoms with van der Waals surface area (Å²) in [5.74, 6) is 1.57. The van der Waals surface area contributed by atoms with Crippen LogP contribution in [0.1, 0.15) is 16.1 Å². The standard InChI is InChI=1S/C20H17NO5S/c1-23-16-5-2-13(3-6-16)19-21-15(12-27-19)11-26-20(22)14-4-7-17-18(10-14)25-9-8-24-17/h2-7,10,12H,8-9,11H2,1H3. The van der Waals surface area contributed by atoms with Crippen LogP contribution in [0.5, 0.6) is 17.2 Å². The first kappa shape index (κ1) is 17.4. The predicted octanol–water partition coefficient (Wildman–Crippen LogP) is 3.95. The Morgan fingerprint density at radius 1 is 1.11 bits per heavy atom. The van der Waals surface area contributed by atoms with Gasteiger partial charge in [0.05, 0.1) is 18.4 Å². The van der Waals surface area contributed by atoms with Crippen molar-refractivity contribution in [2.75, 3.05) is 20.3 Å². The molecule has 0 radical (unpaired) electrons. The maximum atomic E-state index is 12.3. The van der Waals surface area contributed by atoms with E-state index in [4.69, 9.17) is 18.9 Å². The summed E-state index contributed by atoms with van der Waals surface area (Å²) in [6.45, 7) is 1.09. The van der Waals surface area contributed by atoms with Gasteiger partial charge in [0, 0.05) is 10.9 Å². The molecule has 0 aliphatic carbocycles. The summed E-state index contributed by atoms with van der Waals surface area (Å²) in [4.78, 5) is 16.8. The zero-order valence-corrected chi connectivity index (χ0v) is 15.5. The quantitative estimate of drug-likeness (QED) is 0.622. The van der Waals surface area contributed by atoms with Crippen molar-refractivity contribution in [2.24, 2.45) is 0 Å². The van der Waals surface area contributed by atoms with Crippen LogP contribution in [0.4, 0.5) is 0 Å². The molecule has 6 nitrogen and oxygen atoms in total. The summed E-state index contributed by atoms with van der Waals surface area (Å²) in [7, 11) is 1.63. The smallest absolute Gasteiger partial charge is 0.338 e. The first-order valence-corrected chi connectivity index (χ1v) is 9.26. The summed E-state index contributed by atoms with van der Waals surface area (Å²) in [6, 6.07) is 12.7. The molecule has 0 atom stereocenters. The molecule has 3 aromatic rings. The molecule has 0 bridgehead atoms. The Morgan fingerprint density at radius 2 is 1.89 bits per heavy atom. The van der Waals surface area contributed by atoms with Crippen molar-refractivity contribution in [1.29, 1.82) is 0 Å². The zero-order valence-electron chi connectivity index (χ0n) is 14.6. The van der Waals surface area contributed by atoms with E-state index in [1.807, 2.05) is 29.6 Å². The number of nitrogens with zero attached hydrogens (tertiary/aromatic N) is 1. The molecule has 2 heterocycles. The molecule has 0 unspecified atom stereocenters. The summed E-state index contributed by atoms with van der Waals surface area (Å²) in [6.07, 6.45) is 0. The number of hydrogen-bond donors (Lipinski definition) is 0. The Morgan fingerprint density at radius 3 is 2.67 bits per heavy atom. The minimum Gasteiger partial charge on any atom is -0.497 e. The van der Waals surface area contributed by atoms with Gasteiger partial charge in [0.15, 0.2) is 11.5 Å². The largest absolute Gasteiger partial charge is 0.497 e. The van der Waals surface area contributed by atoms with E-state index in [2.05, 4.69) is 4.98 Å². The molecule has 0 spiro atoms. The van der Waals surface area contributed by atoms with Crippen LogP contribution in [0, 0.1) is 0 Å². The highest BCUT2D eigenvalue weighted by molar-refractivity contribution is 7.13. The number of hydrogen-bond acceptors (Lipinski definition) is 7. The van der Waals surface area contributed by atoms with Crippen LogP contribution in [0.3, 0.4) is 0 Å². The molecule has 1 aromatic heterocycles.